The summed E-state index contributed by atoms with van der Waals surface area (Å²) >= 11 is 0. The highest BCUT2D eigenvalue weighted by Gasteiger charge is 2.46. The average molecular weight is 442 g/mol. The Morgan fingerprint density at radius 1 is 0.848 bits per heavy atom. The summed E-state index contributed by atoms with van der Waals surface area (Å²) in [6.07, 6.45) is 0. The number of carbonyl (C=O) groups is 2. The molecule has 1 aromatic heterocycles. The number of nitrogens with zero attached hydrogens (tertiary/aromatic N) is 4. The van der Waals surface area contributed by atoms with Crippen molar-refractivity contribution < 1.29 is 18.5 Å². The molecular formula is C25H19FN4O3. The van der Waals surface area contributed by atoms with Crippen LogP contribution in [0.15, 0.2) is 89.5 Å². The molecule has 5 rings (SSSR count). The molecule has 1 aliphatic heterocycles. The summed E-state index contributed by atoms with van der Waals surface area (Å²) in [7, 11) is 0. The molecule has 0 aliphatic carbocycles. The van der Waals surface area contributed by atoms with Crippen molar-refractivity contribution in [3.8, 4) is 11.4 Å². The number of benzene rings is 3. The van der Waals surface area contributed by atoms with E-state index in [4.69, 9.17) is 4.52 Å². The zero-order valence-corrected chi connectivity index (χ0v) is 17.5. The average Bonchev–Trinajstić information content (AvgIpc) is 3.40. The number of amides is 3. The lowest BCUT2D eigenvalue weighted by Crippen LogP contribution is -2.32. The standard InChI is InChI=1S/C25H19FN4O3/c26-20-13-11-19(12-14-20)23-27-21(33-28-23)16-30-24(31)22(18-9-5-2-6-10-18)29(25(30)32)15-17-7-3-1-4-8-17/h1-14,22H,15-16H2. The van der Waals surface area contributed by atoms with E-state index in [2.05, 4.69) is 10.1 Å². The molecule has 0 radical (unpaired) electrons. The fourth-order valence-electron chi connectivity index (χ4n) is 3.85. The summed E-state index contributed by atoms with van der Waals surface area (Å²) in [4.78, 5) is 33.6. The van der Waals surface area contributed by atoms with E-state index in [1.54, 1.807) is 4.90 Å². The van der Waals surface area contributed by atoms with E-state index in [-0.39, 0.29) is 36.5 Å². The van der Waals surface area contributed by atoms with Gasteiger partial charge >= 0.3 is 6.03 Å². The number of urea groups is 1. The van der Waals surface area contributed by atoms with Crippen molar-refractivity contribution in [1.29, 1.82) is 0 Å². The Kier molecular flexibility index (Phi) is 5.40. The first-order valence-corrected chi connectivity index (χ1v) is 10.4. The Hall–Kier alpha value is -4.33. The lowest BCUT2D eigenvalue weighted by molar-refractivity contribution is -0.129. The van der Waals surface area contributed by atoms with Crippen molar-refractivity contribution in [2.24, 2.45) is 0 Å². The highest BCUT2D eigenvalue weighted by molar-refractivity contribution is 6.04. The van der Waals surface area contributed by atoms with Crippen LogP contribution >= 0.6 is 0 Å². The van der Waals surface area contributed by atoms with Gasteiger partial charge in [-0.15, -0.1) is 0 Å². The van der Waals surface area contributed by atoms with Crippen molar-refractivity contribution in [3.05, 3.63) is 108 Å². The summed E-state index contributed by atoms with van der Waals surface area (Å²) in [6.45, 7) is 0.132. The van der Waals surface area contributed by atoms with Crippen LogP contribution in [0.5, 0.6) is 0 Å². The second kappa shape index (κ2) is 8.66. The predicted molar refractivity (Wildman–Crippen MR) is 117 cm³/mol. The molecule has 0 spiro atoms. The second-order valence-electron chi connectivity index (χ2n) is 7.65. The number of imide groups is 1. The molecule has 7 nitrogen and oxygen atoms in total. The van der Waals surface area contributed by atoms with Gasteiger partial charge in [0.05, 0.1) is 0 Å². The van der Waals surface area contributed by atoms with Gasteiger partial charge in [-0.25, -0.2) is 9.18 Å². The first-order valence-electron chi connectivity index (χ1n) is 10.4. The fourth-order valence-corrected chi connectivity index (χ4v) is 3.85. The Morgan fingerprint density at radius 2 is 1.52 bits per heavy atom. The second-order valence-corrected chi connectivity index (χ2v) is 7.65. The maximum absolute atomic E-state index is 13.4. The summed E-state index contributed by atoms with van der Waals surface area (Å²) in [5.74, 6) is -0.362. The maximum Gasteiger partial charge on any atom is 0.328 e. The lowest BCUT2D eigenvalue weighted by atomic mass is 10.1. The topological polar surface area (TPSA) is 79.5 Å². The maximum atomic E-state index is 13.4. The van der Waals surface area contributed by atoms with Gasteiger partial charge in [0.25, 0.3) is 5.91 Å². The van der Waals surface area contributed by atoms with Crippen LogP contribution in [0.2, 0.25) is 0 Å². The number of rotatable bonds is 6. The molecule has 1 aliphatic rings. The van der Waals surface area contributed by atoms with Crippen LogP contribution in [-0.2, 0) is 17.9 Å². The van der Waals surface area contributed by atoms with E-state index in [9.17, 15) is 14.0 Å². The van der Waals surface area contributed by atoms with Gasteiger partial charge in [-0.1, -0.05) is 65.8 Å². The van der Waals surface area contributed by atoms with Crippen LogP contribution in [0, 0.1) is 5.82 Å². The van der Waals surface area contributed by atoms with Gasteiger partial charge in [0, 0.05) is 12.1 Å². The molecule has 4 aromatic rings. The molecule has 1 saturated heterocycles. The molecule has 3 amide bonds. The lowest BCUT2D eigenvalue weighted by Gasteiger charge is -2.22. The minimum atomic E-state index is -0.751. The molecule has 3 aromatic carbocycles. The highest BCUT2D eigenvalue weighted by atomic mass is 19.1. The Bertz CT molecular complexity index is 1280. The largest absolute Gasteiger partial charge is 0.337 e. The van der Waals surface area contributed by atoms with E-state index in [0.717, 1.165) is 16.0 Å². The first kappa shape index (κ1) is 20.6. The molecule has 2 heterocycles. The van der Waals surface area contributed by atoms with E-state index >= 15 is 0 Å². The molecule has 164 valence electrons. The van der Waals surface area contributed by atoms with E-state index in [1.165, 1.54) is 24.3 Å². The third-order valence-corrected chi connectivity index (χ3v) is 5.46. The number of halogens is 1. The number of aromatic nitrogens is 2. The van der Waals surface area contributed by atoms with Crippen molar-refractivity contribution in [1.82, 2.24) is 19.9 Å². The van der Waals surface area contributed by atoms with Crippen LogP contribution in [0.3, 0.4) is 0 Å². The smallest absolute Gasteiger partial charge is 0.328 e. The van der Waals surface area contributed by atoms with Gasteiger partial charge in [0.1, 0.15) is 18.4 Å². The van der Waals surface area contributed by atoms with Crippen LogP contribution in [0.4, 0.5) is 9.18 Å². The molecule has 1 fully saturated rings. The molecule has 0 bridgehead atoms. The zero-order valence-electron chi connectivity index (χ0n) is 17.5. The normalized spacial score (nSPS) is 16.0. The van der Waals surface area contributed by atoms with Gasteiger partial charge < -0.3 is 9.42 Å². The molecule has 1 unspecified atom stereocenters. The Labute approximate surface area is 189 Å². The van der Waals surface area contributed by atoms with Crippen LogP contribution in [-0.4, -0.2) is 31.9 Å². The molecule has 0 N–H and O–H groups in total. The monoisotopic (exact) mass is 442 g/mol. The summed E-state index contributed by atoms with van der Waals surface area (Å²) in [5, 5.41) is 3.90. The van der Waals surface area contributed by atoms with Gasteiger partial charge in [-0.3, -0.25) is 9.69 Å². The number of hydrogen-bond acceptors (Lipinski definition) is 5. The zero-order chi connectivity index (χ0) is 22.8. The van der Waals surface area contributed by atoms with Gasteiger partial charge in [0.15, 0.2) is 0 Å². The Morgan fingerprint density at radius 3 is 2.21 bits per heavy atom. The summed E-state index contributed by atoms with van der Waals surface area (Å²) in [5.41, 5.74) is 2.21. The first-order chi connectivity index (χ1) is 16.1. The minimum Gasteiger partial charge on any atom is -0.337 e. The molecule has 0 saturated carbocycles. The van der Waals surface area contributed by atoms with Crippen LogP contribution in [0.25, 0.3) is 11.4 Å². The minimum absolute atomic E-state index is 0.115. The number of carbonyl (C=O) groups excluding carboxylic acids is 2. The Balaban J connectivity index is 1.42. The van der Waals surface area contributed by atoms with Gasteiger partial charge in [-0.2, -0.15) is 4.98 Å². The number of hydrogen-bond donors (Lipinski definition) is 0. The molecular weight excluding hydrogens is 423 g/mol. The van der Waals surface area contributed by atoms with E-state index in [1.807, 2.05) is 60.7 Å². The SMILES string of the molecule is O=C1C(c2ccccc2)N(Cc2ccccc2)C(=O)N1Cc1nc(-c2ccc(F)cc2)no1. The fraction of sp³-hybridized carbons (Fsp3) is 0.120. The van der Waals surface area contributed by atoms with Crippen molar-refractivity contribution >= 4 is 11.9 Å². The molecule has 1 atom stereocenters. The van der Waals surface area contributed by atoms with Crippen molar-refractivity contribution in [2.45, 2.75) is 19.1 Å². The third-order valence-electron chi connectivity index (χ3n) is 5.46. The van der Waals surface area contributed by atoms with Gasteiger partial charge in [-0.05, 0) is 35.4 Å². The summed E-state index contributed by atoms with van der Waals surface area (Å²) < 4.78 is 18.5. The third kappa shape index (κ3) is 4.10. The molecule has 8 heteroatoms. The predicted octanol–water partition coefficient (Wildman–Crippen LogP) is 4.58. The van der Waals surface area contributed by atoms with Crippen LogP contribution in [0.1, 0.15) is 23.1 Å². The van der Waals surface area contributed by atoms with E-state index in [0.29, 0.717) is 5.56 Å². The van der Waals surface area contributed by atoms with Gasteiger partial charge in [0.2, 0.25) is 11.7 Å². The van der Waals surface area contributed by atoms with Crippen molar-refractivity contribution in [3.63, 3.8) is 0 Å². The van der Waals surface area contributed by atoms with Crippen molar-refractivity contribution in [2.75, 3.05) is 0 Å². The quantitative estimate of drug-likeness (QED) is 0.409. The molecule has 33 heavy (non-hydrogen) atoms. The van der Waals surface area contributed by atoms with Crippen LogP contribution < -0.4 is 0 Å². The summed E-state index contributed by atoms with van der Waals surface area (Å²) in [6, 6.07) is 23.2. The van der Waals surface area contributed by atoms with E-state index < -0.39 is 12.1 Å². The highest BCUT2D eigenvalue weighted by Crippen LogP contribution is 2.33.